The third kappa shape index (κ3) is 3.05. The van der Waals surface area contributed by atoms with E-state index in [2.05, 4.69) is 61.0 Å². The monoisotopic (exact) mass is 404 g/mol. The number of hydrogen-bond acceptors (Lipinski definition) is 4. The quantitative estimate of drug-likeness (QED) is 0.730. The normalized spacial score (nSPS) is 21.7. The molecule has 0 aliphatic carbocycles. The van der Waals surface area contributed by atoms with Gasteiger partial charge in [-0.15, -0.1) is 0 Å². The summed E-state index contributed by atoms with van der Waals surface area (Å²) in [4.78, 5) is 14.8. The van der Waals surface area contributed by atoms with Crippen molar-refractivity contribution < 1.29 is 14.3 Å². The Morgan fingerprint density at radius 1 is 1.20 bits per heavy atom. The number of carbonyl (C=O) groups is 1. The van der Waals surface area contributed by atoms with Crippen molar-refractivity contribution in [2.24, 2.45) is 0 Å². The molecule has 1 saturated heterocycles. The van der Waals surface area contributed by atoms with E-state index >= 15 is 0 Å². The summed E-state index contributed by atoms with van der Waals surface area (Å²) >= 11 is 0. The minimum atomic E-state index is -0.628. The Balaban J connectivity index is 1.74. The molecule has 1 amide bonds. The van der Waals surface area contributed by atoms with Gasteiger partial charge in [-0.25, -0.2) is 0 Å². The van der Waals surface area contributed by atoms with E-state index in [4.69, 9.17) is 9.47 Å². The standard InChI is InChI=1S/C25H28N2O3/c1-5-16-30-21-11-10-18(17-22(21)29-4)12-14-25-24(2,3)19-8-6-7-9-20(19)27(25)15-13-23(28)26-25/h5-12,14,17H,1,13,15-16H2,2-4H3,(H,26,28)/t25-/m0/s1. The van der Waals surface area contributed by atoms with E-state index in [1.54, 1.807) is 13.2 Å². The highest BCUT2D eigenvalue weighted by atomic mass is 16.5. The number of anilines is 1. The maximum atomic E-state index is 12.5. The fraction of sp³-hybridized carbons (Fsp3) is 0.320. The van der Waals surface area contributed by atoms with Gasteiger partial charge in [0.1, 0.15) is 12.3 Å². The first kappa shape index (κ1) is 20.1. The summed E-state index contributed by atoms with van der Waals surface area (Å²) in [5, 5.41) is 3.30. The number of para-hydroxylation sites is 1. The van der Waals surface area contributed by atoms with Crippen LogP contribution in [0.4, 0.5) is 5.69 Å². The van der Waals surface area contributed by atoms with E-state index < -0.39 is 5.66 Å². The molecule has 1 N–H and O–H groups in total. The molecule has 5 nitrogen and oxygen atoms in total. The Kier molecular flexibility index (Phi) is 5.06. The average Bonchev–Trinajstić information content (AvgIpc) is 2.95. The minimum Gasteiger partial charge on any atom is -0.493 e. The largest absolute Gasteiger partial charge is 0.493 e. The van der Waals surface area contributed by atoms with Gasteiger partial charge >= 0.3 is 0 Å². The van der Waals surface area contributed by atoms with Gasteiger partial charge in [0.05, 0.1) is 7.11 Å². The Bertz CT molecular complexity index is 1010. The molecule has 2 aromatic rings. The summed E-state index contributed by atoms with van der Waals surface area (Å²) in [6.07, 6.45) is 6.35. The van der Waals surface area contributed by atoms with Gasteiger partial charge in [-0.2, -0.15) is 0 Å². The summed E-state index contributed by atoms with van der Waals surface area (Å²) in [5.74, 6) is 1.41. The summed E-state index contributed by atoms with van der Waals surface area (Å²) in [6.45, 7) is 9.17. The number of nitrogens with one attached hydrogen (secondary N) is 1. The number of amides is 1. The van der Waals surface area contributed by atoms with E-state index in [1.807, 2.05) is 24.3 Å². The molecule has 0 aromatic heterocycles. The second-order valence-electron chi connectivity index (χ2n) is 8.20. The number of nitrogens with zero attached hydrogens (tertiary/aromatic N) is 1. The highest BCUT2D eigenvalue weighted by Gasteiger charge is 2.57. The molecule has 1 fully saturated rings. The topological polar surface area (TPSA) is 50.8 Å². The summed E-state index contributed by atoms with van der Waals surface area (Å²) < 4.78 is 11.1. The average molecular weight is 405 g/mol. The molecule has 0 unspecified atom stereocenters. The Hall–Kier alpha value is -3.21. The molecule has 156 valence electrons. The fourth-order valence-corrected chi connectivity index (χ4v) is 4.59. The maximum absolute atomic E-state index is 12.5. The predicted octanol–water partition coefficient (Wildman–Crippen LogP) is 4.29. The molecule has 2 aliphatic heterocycles. The third-order valence-electron chi connectivity index (χ3n) is 6.20. The molecule has 5 heteroatoms. The van der Waals surface area contributed by atoms with E-state index in [-0.39, 0.29) is 11.3 Å². The molecule has 2 aromatic carbocycles. The van der Waals surface area contributed by atoms with E-state index in [1.165, 1.54) is 11.3 Å². The van der Waals surface area contributed by atoms with Crippen LogP contribution in [0, 0.1) is 0 Å². The fourth-order valence-electron chi connectivity index (χ4n) is 4.59. The maximum Gasteiger partial charge on any atom is 0.223 e. The molecular formula is C25H28N2O3. The molecule has 2 aliphatic rings. The minimum absolute atomic E-state index is 0.0718. The van der Waals surface area contributed by atoms with Gasteiger partial charge < -0.3 is 19.7 Å². The number of ether oxygens (including phenoxy) is 2. The van der Waals surface area contributed by atoms with Crippen molar-refractivity contribution in [2.45, 2.75) is 31.3 Å². The van der Waals surface area contributed by atoms with Crippen molar-refractivity contribution >= 4 is 17.7 Å². The van der Waals surface area contributed by atoms with Gasteiger partial charge in [0, 0.05) is 24.1 Å². The van der Waals surface area contributed by atoms with Crippen molar-refractivity contribution in [3.05, 3.63) is 72.3 Å². The summed E-state index contributed by atoms with van der Waals surface area (Å²) in [6, 6.07) is 14.2. The lowest BCUT2D eigenvalue weighted by molar-refractivity contribution is -0.124. The second-order valence-corrected chi connectivity index (χ2v) is 8.20. The molecule has 0 radical (unpaired) electrons. The number of hydrogen-bond donors (Lipinski definition) is 1. The number of rotatable bonds is 6. The first-order chi connectivity index (χ1) is 14.4. The van der Waals surface area contributed by atoms with Crippen LogP contribution in [0.3, 0.4) is 0 Å². The second kappa shape index (κ2) is 7.56. The molecule has 1 atom stereocenters. The summed E-state index contributed by atoms with van der Waals surface area (Å²) in [5.41, 5.74) is 2.46. The predicted molar refractivity (Wildman–Crippen MR) is 120 cm³/mol. The first-order valence-corrected chi connectivity index (χ1v) is 10.2. The van der Waals surface area contributed by atoms with Gasteiger partial charge in [0.15, 0.2) is 11.5 Å². The van der Waals surface area contributed by atoms with Crippen LogP contribution in [0.2, 0.25) is 0 Å². The van der Waals surface area contributed by atoms with Crippen LogP contribution in [0.5, 0.6) is 11.5 Å². The Morgan fingerprint density at radius 2 is 2.00 bits per heavy atom. The van der Waals surface area contributed by atoms with Crippen LogP contribution in [0.25, 0.3) is 6.08 Å². The van der Waals surface area contributed by atoms with E-state index in [0.29, 0.717) is 31.1 Å². The molecule has 0 spiro atoms. The molecule has 2 heterocycles. The highest BCUT2D eigenvalue weighted by molar-refractivity contribution is 5.84. The van der Waals surface area contributed by atoms with E-state index in [0.717, 1.165) is 5.56 Å². The summed E-state index contributed by atoms with van der Waals surface area (Å²) in [7, 11) is 1.63. The number of methoxy groups -OCH3 is 1. The Labute approximate surface area is 178 Å². The zero-order valence-corrected chi connectivity index (χ0v) is 17.8. The lowest BCUT2D eigenvalue weighted by Gasteiger charge is -2.49. The van der Waals surface area contributed by atoms with Crippen molar-refractivity contribution in [1.82, 2.24) is 5.32 Å². The zero-order valence-electron chi connectivity index (χ0n) is 17.8. The van der Waals surface area contributed by atoms with Crippen LogP contribution in [-0.4, -0.2) is 31.8 Å². The van der Waals surface area contributed by atoms with Crippen molar-refractivity contribution in [1.29, 1.82) is 0 Å². The van der Waals surface area contributed by atoms with E-state index in [9.17, 15) is 4.79 Å². The SMILES string of the molecule is C=CCOc1ccc(C=C[C@]23NC(=O)CCN2c2ccccc2C3(C)C)cc1OC. The molecular weight excluding hydrogens is 376 g/mol. The van der Waals surface area contributed by atoms with Gasteiger partial charge in [-0.05, 0) is 35.4 Å². The van der Waals surface area contributed by atoms with Crippen LogP contribution in [-0.2, 0) is 10.2 Å². The van der Waals surface area contributed by atoms with Crippen molar-refractivity contribution in [3.63, 3.8) is 0 Å². The Morgan fingerprint density at radius 3 is 2.77 bits per heavy atom. The van der Waals surface area contributed by atoms with Crippen molar-refractivity contribution in [2.75, 3.05) is 25.2 Å². The first-order valence-electron chi connectivity index (χ1n) is 10.2. The van der Waals surface area contributed by atoms with Crippen LogP contribution in [0.15, 0.2) is 61.2 Å². The van der Waals surface area contributed by atoms with Crippen LogP contribution < -0.4 is 19.7 Å². The molecule has 30 heavy (non-hydrogen) atoms. The van der Waals surface area contributed by atoms with Crippen LogP contribution >= 0.6 is 0 Å². The number of benzene rings is 2. The lowest BCUT2D eigenvalue weighted by Crippen LogP contribution is -2.68. The van der Waals surface area contributed by atoms with Gasteiger partial charge in [-0.1, -0.05) is 56.8 Å². The molecule has 0 bridgehead atoms. The molecule has 0 saturated carbocycles. The number of fused-ring (bicyclic) bond motifs is 3. The van der Waals surface area contributed by atoms with Gasteiger partial charge in [-0.3, -0.25) is 4.79 Å². The smallest absolute Gasteiger partial charge is 0.223 e. The highest BCUT2D eigenvalue weighted by Crippen LogP contribution is 2.52. The lowest BCUT2D eigenvalue weighted by atomic mass is 9.74. The zero-order chi connectivity index (χ0) is 21.4. The van der Waals surface area contributed by atoms with Gasteiger partial charge in [0.25, 0.3) is 0 Å². The van der Waals surface area contributed by atoms with Crippen LogP contribution in [0.1, 0.15) is 31.4 Å². The molecule has 4 rings (SSSR count). The van der Waals surface area contributed by atoms with Crippen molar-refractivity contribution in [3.8, 4) is 11.5 Å². The third-order valence-corrected chi connectivity index (χ3v) is 6.20. The number of carbonyl (C=O) groups excluding carboxylic acids is 1. The van der Waals surface area contributed by atoms with Gasteiger partial charge in [0.2, 0.25) is 5.91 Å².